The van der Waals surface area contributed by atoms with E-state index in [1.165, 1.54) is 11.0 Å². The average Bonchev–Trinajstić information content (AvgIpc) is 3.01. The van der Waals surface area contributed by atoms with Crippen LogP contribution < -0.4 is 5.32 Å². The summed E-state index contributed by atoms with van der Waals surface area (Å²) in [6.45, 7) is 5.73. The van der Waals surface area contributed by atoms with Gasteiger partial charge in [0.1, 0.15) is 0 Å². The van der Waals surface area contributed by atoms with Crippen molar-refractivity contribution in [2.75, 3.05) is 32.7 Å². The second-order valence-electron chi connectivity index (χ2n) is 7.03. The number of sulfonamides is 1. The molecule has 1 aromatic carbocycles. The predicted molar refractivity (Wildman–Crippen MR) is 114 cm³/mol. The third kappa shape index (κ3) is 6.68. The lowest BCUT2D eigenvalue weighted by molar-refractivity contribution is -0.132. The Morgan fingerprint density at radius 2 is 1.69 bits per heavy atom. The molecule has 7 nitrogen and oxygen atoms in total. The van der Waals surface area contributed by atoms with Crippen LogP contribution in [0, 0.1) is 0 Å². The number of hydrogen-bond acceptors (Lipinski definition) is 4. The molecular weight excluding hydrogens is 390 g/mol. The van der Waals surface area contributed by atoms with Crippen LogP contribution in [0.2, 0.25) is 0 Å². The lowest BCUT2D eigenvalue weighted by Gasteiger charge is -2.20. The Kier molecular flexibility index (Phi) is 8.85. The monoisotopic (exact) mass is 421 g/mol. The summed E-state index contributed by atoms with van der Waals surface area (Å²) in [5.41, 5.74) is 0.724. The van der Waals surface area contributed by atoms with Gasteiger partial charge < -0.3 is 10.2 Å². The van der Waals surface area contributed by atoms with Crippen LogP contribution in [-0.4, -0.2) is 62.2 Å². The highest BCUT2D eigenvalue weighted by atomic mass is 32.2. The summed E-state index contributed by atoms with van der Waals surface area (Å²) in [6.07, 6.45) is 6.96. The van der Waals surface area contributed by atoms with Crippen molar-refractivity contribution in [3.8, 4) is 0 Å². The van der Waals surface area contributed by atoms with E-state index in [1.807, 2.05) is 13.8 Å². The van der Waals surface area contributed by atoms with Crippen LogP contribution in [0.25, 0.3) is 6.08 Å². The molecule has 0 aliphatic carbocycles. The fourth-order valence-corrected chi connectivity index (χ4v) is 4.74. The number of carbonyl (C=O) groups is 2. The second kappa shape index (κ2) is 11.1. The van der Waals surface area contributed by atoms with Gasteiger partial charge in [-0.1, -0.05) is 25.0 Å². The summed E-state index contributed by atoms with van der Waals surface area (Å²) >= 11 is 0. The molecule has 1 aliphatic heterocycles. The lowest BCUT2D eigenvalue weighted by atomic mass is 10.2. The lowest BCUT2D eigenvalue weighted by Crippen LogP contribution is -2.39. The normalized spacial score (nSPS) is 15.8. The first-order valence-corrected chi connectivity index (χ1v) is 11.7. The standard InChI is InChI=1S/C21H31N3O4S/c1-3-22-20(25)17-23(4-2)21(26)14-11-18-9-12-19(13-10-18)29(27,28)24-15-7-5-6-8-16-24/h9-14H,3-8,15-17H2,1-2H3,(H,22,25). The minimum atomic E-state index is -3.48. The third-order valence-electron chi connectivity index (χ3n) is 4.90. The van der Waals surface area contributed by atoms with Crippen molar-refractivity contribution >= 4 is 27.9 Å². The SMILES string of the molecule is CCNC(=O)CN(CC)C(=O)C=Cc1ccc(S(=O)(=O)N2CCCCCC2)cc1. The maximum Gasteiger partial charge on any atom is 0.247 e. The predicted octanol–water partition coefficient (Wildman–Crippen LogP) is 2.25. The maximum absolute atomic E-state index is 12.8. The second-order valence-corrected chi connectivity index (χ2v) is 8.96. The minimum Gasteiger partial charge on any atom is -0.355 e. The molecule has 160 valence electrons. The zero-order chi connectivity index (χ0) is 21.3. The number of nitrogens with zero attached hydrogens (tertiary/aromatic N) is 2. The summed E-state index contributed by atoms with van der Waals surface area (Å²) in [4.78, 5) is 25.7. The molecule has 0 saturated carbocycles. The van der Waals surface area contributed by atoms with Crippen LogP contribution in [0.5, 0.6) is 0 Å². The zero-order valence-corrected chi connectivity index (χ0v) is 18.1. The smallest absolute Gasteiger partial charge is 0.247 e. The van der Waals surface area contributed by atoms with Crippen molar-refractivity contribution in [3.63, 3.8) is 0 Å². The number of benzene rings is 1. The molecule has 2 amide bonds. The Morgan fingerprint density at radius 3 is 2.24 bits per heavy atom. The van der Waals surface area contributed by atoms with Crippen LogP contribution in [0.1, 0.15) is 45.1 Å². The molecule has 8 heteroatoms. The molecule has 0 unspecified atom stereocenters. The van der Waals surface area contributed by atoms with Gasteiger partial charge in [-0.3, -0.25) is 9.59 Å². The number of nitrogens with one attached hydrogen (secondary N) is 1. The third-order valence-corrected chi connectivity index (χ3v) is 6.82. The van der Waals surface area contributed by atoms with E-state index in [2.05, 4.69) is 5.32 Å². The maximum atomic E-state index is 12.8. The Bertz CT molecular complexity index is 811. The Hall–Kier alpha value is -2.19. The summed E-state index contributed by atoms with van der Waals surface area (Å²) in [7, 11) is -3.48. The summed E-state index contributed by atoms with van der Waals surface area (Å²) < 4.78 is 27.2. The quantitative estimate of drug-likeness (QED) is 0.652. The fourth-order valence-electron chi connectivity index (χ4n) is 3.23. The van der Waals surface area contributed by atoms with Crippen molar-refractivity contribution < 1.29 is 18.0 Å². The van der Waals surface area contributed by atoms with Crippen LogP contribution in [0.15, 0.2) is 35.2 Å². The first-order valence-electron chi connectivity index (χ1n) is 10.2. The van der Waals surface area contributed by atoms with Crippen molar-refractivity contribution in [2.24, 2.45) is 0 Å². The topological polar surface area (TPSA) is 86.8 Å². The van der Waals surface area contributed by atoms with E-state index in [9.17, 15) is 18.0 Å². The molecule has 1 aromatic rings. The van der Waals surface area contributed by atoms with Crippen molar-refractivity contribution in [1.82, 2.24) is 14.5 Å². The van der Waals surface area contributed by atoms with Crippen LogP contribution in [0.3, 0.4) is 0 Å². The van der Waals surface area contributed by atoms with E-state index in [0.29, 0.717) is 26.2 Å². The summed E-state index contributed by atoms with van der Waals surface area (Å²) in [5.74, 6) is -0.459. The minimum absolute atomic E-state index is 0.0144. The van der Waals surface area contributed by atoms with Gasteiger partial charge in [-0.05, 0) is 50.5 Å². The zero-order valence-electron chi connectivity index (χ0n) is 17.3. The molecule has 0 aromatic heterocycles. The number of amides is 2. The number of rotatable bonds is 8. The molecule has 1 N–H and O–H groups in total. The van der Waals surface area contributed by atoms with Gasteiger partial charge in [0.25, 0.3) is 0 Å². The van der Waals surface area contributed by atoms with Gasteiger partial charge in [-0.2, -0.15) is 4.31 Å². The van der Waals surface area contributed by atoms with Crippen LogP contribution in [0.4, 0.5) is 0 Å². The highest BCUT2D eigenvalue weighted by Gasteiger charge is 2.24. The van der Waals surface area contributed by atoms with E-state index >= 15 is 0 Å². The first-order chi connectivity index (χ1) is 13.9. The van der Waals surface area contributed by atoms with Gasteiger partial charge in [0, 0.05) is 32.3 Å². The van der Waals surface area contributed by atoms with Crippen molar-refractivity contribution in [1.29, 1.82) is 0 Å². The fraction of sp³-hybridized carbons (Fsp3) is 0.524. The summed E-state index contributed by atoms with van der Waals surface area (Å²) in [6, 6.07) is 6.54. The van der Waals surface area contributed by atoms with Gasteiger partial charge in [0.05, 0.1) is 11.4 Å². The van der Waals surface area contributed by atoms with Gasteiger partial charge in [0.15, 0.2) is 0 Å². The van der Waals surface area contributed by atoms with E-state index < -0.39 is 10.0 Å². The molecular formula is C21H31N3O4S. The van der Waals surface area contributed by atoms with Crippen molar-refractivity contribution in [3.05, 3.63) is 35.9 Å². The number of likely N-dealkylation sites (N-methyl/N-ethyl adjacent to an activating group) is 2. The van der Waals surface area contributed by atoms with E-state index in [4.69, 9.17) is 0 Å². The molecule has 1 fully saturated rings. The molecule has 0 radical (unpaired) electrons. The molecule has 0 atom stereocenters. The molecule has 29 heavy (non-hydrogen) atoms. The van der Waals surface area contributed by atoms with E-state index in [1.54, 1.807) is 34.6 Å². The van der Waals surface area contributed by atoms with Gasteiger partial charge in [0.2, 0.25) is 21.8 Å². The largest absolute Gasteiger partial charge is 0.355 e. The molecule has 2 rings (SSSR count). The van der Waals surface area contributed by atoms with Crippen LogP contribution in [-0.2, 0) is 19.6 Å². The average molecular weight is 422 g/mol. The first kappa shape index (κ1) is 23.1. The molecule has 0 spiro atoms. The Balaban J connectivity index is 2.03. The van der Waals surface area contributed by atoms with Crippen molar-refractivity contribution in [2.45, 2.75) is 44.4 Å². The molecule has 1 heterocycles. The van der Waals surface area contributed by atoms with Gasteiger partial charge in [-0.15, -0.1) is 0 Å². The van der Waals surface area contributed by atoms with Gasteiger partial charge >= 0.3 is 0 Å². The molecule has 1 aliphatic rings. The van der Waals surface area contributed by atoms with Gasteiger partial charge in [-0.25, -0.2) is 8.42 Å². The van der Waals surface area contributed by atoms with E-state index in [-0.39, 0.29) is 23.3 Å². The molecule has 1 saturated heterocycles. The highest BCUT2D eigenvalue weighted by molar-refractivity contribution is 7.89. The Morgan fingerprint density at radius 1 is 1.07 bits per heavy atom. The molecule has 0 bridgehead atoms. The highest BCUT2D eigenvalue weighted by Crippen LogP contribution is 2.21. The van der Waals surface area contributed by atoms with E-state index in [0.717, 1.165) is 31.2 Å². The summed E-state index contributed by atoms with van der Waals surface area (Å²) in [5, 5.41) is 2.67. The number of carbonyl (C=O) groups excluding carboxylic acids is 2. The van der Waals surface area contributed by atoms with Crippen LogP contribution >= 0.6 is 0 Å². The Labute approximate surface area is 173 Å². The number of hydrogen-bond donors (Lipinski definition) is 1.